The number of rotatable bonds is 4. The average Bonchev–Trinajstić information content (AvgIpc) is 3.00. The highest BCUT2D eigenvalue weighted by atomic mass is 35.5. The lowest BCUT2D eigenvalue weighted by molar-refractivity contribution is 0.833. The van der Waals surface area contributed by atoms with Crippen LogP contribution in [-0.2, 0) is 0 Å². The summed E-state index contributed by atoms with van der Waals surface area (Å²) in [5, 5.41) is 8.58. The van der Waals surface area contributed by atoms with Crippen molar-refractivity contribution >= 4 is 35.0 Å². The van der Waals surface area contributed by atoms with Crippen LogP contribution in [0.25, 0.3) is 5.82 Å². The van der Waals surface area contributed by atoms with Crippen LogP contribution in [-0.4, -0.2) is 19.7 Å². The first-order chi connectivity index (χ1) is 11.0. The Morgan fingerprint density at radius 3 is 2.74 bits per heavy atom. The number of benzene rings is 1. The minimum absolute atomic E-state index is 0.0838. The van der Waals surface area contributed by atoms with Gasteiger partial charge in [0.15, 0.2) is 5.82 Å². The van der Waals surface area contributed by atoms with Crippen molar-refractivity contribution in [2.24, 2.45) is 0 Å². The molecule has 8 heteroatoms. The molecule has 3 rings (SSSR count). The Morgan fingerprint density at radius 1 is 1.22 bits per heavy atom. The molecule has 0 unspecified atom stereocenters. The van der Waals surface area contributed by atoms with E-state index in [9.17, 15) is 0 Å². The van der Waals surface area contributed by atoms with E-state index >= 15 is 0 Å². The predicted molar refractivity (Wildman–Crippen MR) is 92.1 cm³/mol. The third kappa shape index (κ3) is 3.55. The van der Waals surface area contributed by atoms with Crippen molar-refractivity contribution in [2.75, 3.05) is 11.1 Å². The van der Waals surface area contributed by atoms with Crippen molar-refractivity contribution in [1.29, 1.82) is 0 Å². The van der Waals surface area contributed by atoms with E-state index in [0.717, 1.165) is 5.56 Å². The smallest absolute Gasteiger partial charge is 0.224 e. The van der Waals surface area contributed by atoms with Gasteiger partial charge in [0, 0.05) is 28.5 Å². The van der Waals surface area contributed by atoms with Crippen molar-refractivity contribution in [3.63, 3.8) is 0 Å². The Morgan fingerprint density at radius 2 is 2.04 bits per heavy atom. The van der Waals surface area contributed by atoms with Crippen LogP contribution < -0.4 is 11.1 Å². The third-order valence-corrected chi connectivity index (χ3v) is 3.82. The Balaban J connectivity index is 1.87. The van der Waals surface area contributed by atoms with Crippen molar-refractivity contribution in [3.8, 4) is 5.82 Å². The summed E-state index contributed by atoms with van der Waals surface area (Å²) in [6.07, 6.45) is 3.45. The Kier molecular flexibility index (Phi) is 4.36. The molecule has 0 saturated heterocycles. The molecule has 0 aliphatic rings. The summed E-state index contributed by atoms with van der Waals surface area (Å²) in [6.45, 7) is 1.97. The lowest BCUT2D eigenvalue weighted by Gasteiger charge is -2.17. The number of nitrogens with two attached hydrogens (primary N) is 1. The number of halogens is 2. The van der Waals surface area contributed by atoms with E-state index in [1.807, 2.05) is 19.1 Å². The Hall–Kier alpha value is -2.31. The fourth-order valence-corrected chi connectivity index (χ4v) is 2.77. The van der Waals surface area contributed by atoms with Gasteiger partial charge in [-0.2, -0.15) is 15.1 Å². The molecule has 6 nitrogen and oxygen atoms in total. The fourth-order valence-electron chi connectivity index (χ4n) is 2.20. The van der Waals surface area contributed by atoms with E-state index in [1.54, 1.807) is 35.3 Å². The number of anilines is 2. The minimum atomic E-state index is -0.0838. The van der Waals surface area contributed by atoms with Gasteiger partial charge in [-0.25, -0.2) is 4.68 Å². The van der Waals surface area contributed by atoms with Crippen LogP contribution in [0.4, 0.5) is 11.8 Å². The minimum Gasteiger partial charge on any atom is -0.368 e. The van der Waals surface area contributed by atoms with Crippen LogP contribution in [0.5, 0.6) is 0 Å². The molecule has 0 aliphatic carbocycles. The SMILES string of the molecule is C[C@H](Nc1cc(-n2cccn2)nc(N)n1)c1ccc(Cl)cc1Cl. The van der Waals surface area contributed by atoms with Gasteiger partial charge in [0.2, 0.25) is 5.95 Å². The Bertz CT molecular complexity index is 819. The maximum atomic E-state index is 6.24. The van der Waals surface area contributed by atoms with Gasteiger partial charge in [-0.1, -0.05) is 29.3 Å². The van der Waals surface area contributed by atoms with E-state index in [-0.39, 0.29) is 12.0 Å². The van der Waals surface area contributed by atoms with Gasteiger partial charge >= 0.3 is 0 Å². The van der Waals surface area contributed by atoms with Crippen LogP contribution in [0.3, 0.4) is 0 Å². The van der Waals surface area contributed by atoms with Gasteiger partial charge in [0.05, 0.1) is 6.04 Å². The molecule has 0 bridgehead atoms. The van der Waals surface area contributed by atoms with Crippen LogP contribution >= 0.6 is 23.2 Å². The third-order valence-electron chi connectivity index (χ3n) is 3.26. The van der Waals surface area contributed by atoms with E-state index in [4.69, 9.17) is 28.9 Å². The molecule has 2 heterocycles. The maximum Gasteiger partial charge on any atom is 0.224 e. The lowest BCUT2D eigenvalue weighted by Crippen LogP contribution is -2.11. The number of aromatic nitrogens is 4. The quantitative estimate of drug-likeness (QED) is 0.750. The normalized spacial score (nSPS) is 12.1. The number of hydrogen-bond acceptors (Lipinski definition) is 5. The predicted octanol–water partition coefficient (Wildman–Crippen LogP) is 3.72. The van der Waals surface area contributed by atoms with Crippen LogP contribution in [0.15, 0.2) is 42.7 Å². The molecule has 2 aromatic heterocycles. The first-order valence-corrected chi connectivity index (χ1v) is 7.64. The molecular formula is C15H14Cl2N6. The van der Waals surface area contributed by atoms with Gasteiger partial charge in [0.25, 0.3) is 0 Å². The van der Waals surface area contributed by atoms with Crippen LogP contribution in [0.2, 0.25) is 10.0 Å². The molecule has 0 saturated carbocycles. The zero-order chi connectivity index (χ0) is 16.4. The van der Waals surface area contributed by atoms with Crippen molar-refractivity contribution in [1.82, 2.24) is 19.7 Å². The summed E-state index contributed by atoms with van der Waals surface area (Å²) in [6, 6.07) is 8.87. The first-order valence-electron chi connectivity index (χ1n) is 6.89. The number of hydrogen-bond donors (Lipinski definition) is 2. The van der Waals surface area contributed by atoms with Crippen molar-refractivity contribution in [3.05, 3.63) is 58.3 Å². The van der Waals surface area contributed by atoms with Gasteiger partial charge in [0.1, 0.15) is 5.82 Å². The number of nitrogens with one attached hydrogen (secondary N) is 1. The summed E-state index contributed by atoms with van der Waals surface area (Å²) >= 11 is 12.2. The number of nitrogens with zero attached hydrogens (tertiary/aromatic N) is 4. The second-order valence-corrected chi connectivity index (χ2v) is 5.80. The van der Waals surface area contributed by atoms with Crippen LogP contribution in [0, 0.1) is 0 Å². The zero-order valence-corrected chi connectivity index (χ0v) is 13.8. The van der Waals surface area contributed by atoms with E-state index < -0.39 is 0 Å². The zero-order valence-electron chi connectivity index (χ0n) is 12.2. The number of nitrogen functional groups attached to an aromatic ring is 1. The van der Waals surface area contributed by atoms with Gasteiger partial charge < -0.3 is 11.1 Å². The maximum absolute atomic E-state index is 6.24. The van der Waals surface area contributed by atoms with Crippen molar-refractivity contribution in [2.45, 2.75) is 13.0 Å². The molecule has 0 amide bonds. The highest BCUT2D eigenvalue weighted by Crippen LogP contribution is 2.28. The molecule has 1 atom stereocenters. The molecule has 118 valence electrons. The molecule has 0 radical (unpaired) electrons. The highest BCUT2D eigenvalue weighted by Gasteiger charge is 2.12. The molecule has 0 aliphatic heterocycles. The van der Waals surface area contributed by atoms with Gasteiger partial charge in [-0.15, -0.1) is 0 Å². The largest absolute Gasteiger partial charge is 0.368 e. The average molecular weight is 349 g/mol. The summed E-state index contributed by atoms with van der Waals surface area (Å²) in [5.74, 6) is 1.33. The molecule has 3 aromatic rings. The van der Waals surface area contributed by atoms with E-state index in [1.165, 1.54) is 0 Å². The standard InChI is InChI=1S/C15H14Cl2N6/c1-9(11-4-3-10(16)7-12(11)17)20-13-8-14(22-15(18)21-13)23-6-2-5-19-23/h2-9H,1H3,(H3,18,20,21,22)/t9-/m0/s1. The lowest BCUT2D eigenvalue weighted by atomic mass is 10.1. The topological polar surface area (TPSA) is 81.7 Å². The highest BCUT2D eigenvalue weighted by molar-refractivity contribution is 6.35. The van der Waals surface area contributed by atoms with Gasteiger partial charge in [-0.3, -0.25) is 0 Å². The van der Waals surface area contributed by atoms with Crippen molar-refractivity contribution < 1.29 is 0 Å². The summed E-state index contributed by atoms with van der Waals surface area (Å²) in [5.41, 5.74) is 6.69. The molecular weight excluding hydrogens is 335 g/mol. The summed E-state index contributed by atoms with van der Waals surface area (Å²) in [4.78, 5) is 8.37. The molecule has 1 aromatic carbocycles. The second kappa shape index (κ2) is 6.44. The van der Waals surface area contributed by atoms with E-state index in [2.05, 4.69) is 20.4 Å². The Labute approximate surface area is 143 Å². The van der Waals surface area contributed by atoms with Crippen LogP contribution in [0.1, 0.15) is 18.5 Å². The molecule has 0 fully saturated rings. The summed E-state index contributed by atoms with van der Waals surface area (Å²) in [7, 11) is 0. The summed E-state index contributed by atoms with van der Waals surface area (Å²) < 4.78 is 1.61. The molecule has 0 spiro atoms. The second-order valence-electron chi connectivity index (χ2n) is 4.95. The fraction of sp³-hybridized carbons (Fsp3) is 0.133. The molecule has 3 N–H and O–H groups in total. The van der Waals surface area contributed by atoms with E-state index in [0.29, 0.717) is 21.7 Å². The monoisotopic (exact) mass is 348 g/mol. The van der Waals surface area contributed by atoms with Gasteiger partial charge in [-0.05, 0) is 30.7 Å². The molecule has 23 heavy (non-hydrogen) atoms. The first kappa shape index (κ1) is 15.6.